The third kappa shape index (κ3) is 4.07. The lowest BCUT2D eigenvalue weighted by Crippen LogP contribution is -2.21. The molecule has 4 rings (SSSR count). The third-order valence-corrected chi connectivity index (χ3v) is 5.59. The van der Waals surface area contributed by atoms with Crippen LogP contribution in [0.2, 0.25) is 5.02 Å². The molecule has 1 aliphatic rings. The van der Waals surface area contributed by atoms with E-state index in [0.717, 1.165) is 29.4 Å². The summed E-state index contributed by atoms with van der Waals surface area (Å²) in [5, 5.41) is 12.5. The molecule has 31 heavy (non-hydrogen) atoms. The molecule has 2 aromatic carbocycles. The zero-order valence-electron chi connectivity index (χ0n) is 17.1. The monoisotopic (exact) mass is 437 g/mol. The number of nitrogens with one attached hydrogen (secondary N) is 1. The molecule has 7 nitrogen and oxygen atoms in total. The van der Waals surface area contributed by atoms with Gasteiger partial charge in [-0.2, -0.15) is 5.26 Å². The highest BCUT2D eigenvalue weighted by Gasteiger charge is 2.31. The van der Waals surface area contributed by atoms with Gasteiger partial charge in [-0.15, -0.1) is 0 Å². The summed E-state index contributed by atoms with van der Waals surface area (Å²) >= 11 is 5.98. The largest absolute Gasteiger partial charge is 0.497 e. The number of rotatable bonds is 6. The zero-order chi connectivity index (χ0) is 22.1. The Labute approximate surface area is 184 Å². The van der Waals surface area contributed by atoms with Crippen LogP contribution in [0, 0.1) is 18.3 Å². The van der Waals surface area contributed by atoms with Gasteiger partial charge in [-0.25, -0.2) is 4.79 Å². The predicted octanol–water partition coefficient (Wildman–Crippen LogP) is 4.61. The summed E-state index contributed by atoms with van der Waals surface area (Å²) in [6.07, 6.45) is 2.14. The lowest BCUT2D eigenvalue weighted by atomic mass is 10.1. The van der Waals surface area contributed by atoms with Crippen molar-refractivity contribution in [2.24, 2.45) is 0 Å². The molecule has 8 heteroatoms. The van der Waals surface area contributed by atoms with Crippen LogP contribution in [0.3, 0.4) is 0 Å². The fourth-order valence-electron chi connectivity index (χ4n) is 3.69. The molecule has 1 saturated carbocycles. The number of aromatic nitrogens is 1. The van der Waals surface area contributed by atoms with E-state index in [1.165, 1.54) is 12.1 Å². The van der Waals surface area contributed by atoms with Gasteiger partial charge in [0, 0.05) is 28.3 Å². The fourth-order valence-corrected chi connectivity index (χ4v) is 3.92. The molecule has 0 unspecified atom stereocenters. The maximum absolute atomic E-state index is 12.9. The van der Waals surface area contributed by atoms with Crippen LogP contribution in [-0.2, 0) is 9.53 Å². The number of ether oxygens (including phenoxy) is 2. The van der Waals surface area contributed by atoms with Crippen molar-refractivity contribution in [3.8, 4) is 11.8 Å². The SMILES string of the molecule is COc1ccc2c(c1)c(C(=O)OCC(=O)Nc1ccc(C#N)c(Cl)c1)c(C)n2C1CC1. The number of halogens is 1. The van der Waals surface area contributed by atoms with E-state index in [4.69, 9.17) is 26.3 Å². The second-order valence-corrected chi connectivity index (χ2v) is 7.78. The van der Waals surface area contributed by atoms with Crippen LogP contribution in [0.25, 0.3) is 10.9 Å². The van der Waals surface area contributed by atoms with E-state index in [2.05, 4.69) is 9.88 Å². The van der Waals surface area contributed by atoms with Gasteiger partial charge in [0.05, 0.1) is 23.3 Å². The van der Waals surface area contributed by atoms with Gasteiger partial charge >= 0.3 is 5.97 Å². The minimum Gasteiger partial charge on any atom is -0.497 e. The van der Waals surface area contributed by atoms with E-state index in [9.17, 15) is 9.59 Å². The molecular formula is C23H20ClN3O4. The minimum atomic E-state index is -0.567. The first-order valence-electron chi connectivity index (χ1n) is 9.78. The van der Waals surface area contributed by atoms with Crippen LogP contribution >= 0.6 is 11.6 Å². The van der Waals surface area contributed by atoms with Crippen LogP contribution in [0.1, 0.15) is 40.5 Å². The number of methoxy groups -OCH3 is 1. The molecule has 1 amide bonds. The number of benzene rings is 2. The van der Waals surface area contributed by atoms with Gasteiger partial charge in [0.2, 0.25) is 0 Å². The Balaban J connectivity index is 1.52. The molecule has 1 aliphatic carbocycles. The molecule has 1 aromatic heterocycles. The van der Waals surface area contributed by atoms with E-state index in [0.29, 0.717) is 28.6 Å². The standard InChI is InChI=1S/C23H20ClN3O4/c1-13-22(18-10-17(30-2)7-8-20(18)27(13)16-5-6-16)23(29)31-12-21(28)26-15-4-3-14(11-25)19(24)9-15/h3-4,7-10,16H,5-6,12H2,1-2H3,(H,26,28). The van der Waals surface area contributed by atoms with Crippen molar-refractivity contribution < 1.29 is 19.1 Å². The molecular weight excluding hydrogens is 418 g/mol. The number of hydrogen-bond acceptors (Lipinski definition) is 5. The van der Waals surface area contributed by atoms with Gasteiger partial charge in [-0.05, 0) is 56.2 Å². The Bertz CT molecular complexity index is 1240. The summed E-state index contributed by atoms with van der Waals surface area (Å²) < 4.78 is 12.8. The van der Waals surface area contributed by atoms with Crippen LogP contribution in [0.15, 0.2) is 36.4 Å². The average molecular weight is 438 g/mol. The molecule has 158 valence electrons. The first-order valence-corrected chi connectivity index (χ1v) is 10.2. The number of anilines is 1. The van der Waals surface area contributed by atoms with Crippen LogP contribution in [-0.4, -0.2) is 30.2 Å². The van der Waals surface area contributed by atoms with Crippen molar-refractivity contribution in [1.82, 2.24) is 4.57 Å². The molecule has 1 fully saturated rings. The molecule has 0 aliphatic heterocycles. The van der Waals surface area contributed by atoms with Gasteiger partial charge in [0.15, 0.2) is 6.61 Å². The summed E-state index contributed by atoms with van der Waals surface area (Å²) in [7, 11) is 1.57. The highest BCUT2D eigenvalue weighted by atomic mass is 35.5. The highest BCUT2D eigenvalue weighted by molar-refractivity contribution is 6.32. The summed E-state index contributed by atoms with van der Waals surface area (Å²) in [6, 6.07) is 12.5. The van der Waals surface area contributed by atoms with E-state index in [1.54, 1.807) is 13.2 Å². The molecule has 0 saturated heterocycles. The van der Waals surface area contributed by atoms with Crippen molar-refractivity contribution >= 4 is 40.1 Å². The van der Waals surface area contributed by atoms with Crippen molar-refractivity contribution in [2.75, 3.05) is 19.0 Å². The van der Waals surface area contributed by atoms with Crippen molar-refractivity contribution in [3.05, 3.63) is 58.2 Å². The van der Waals surface area contributed by atoms with Crippen LogP contribution in [0.4, 0.5) is 5.69 Å². The van der Waals surface area contributed by atoms with Gasteiger partial charge in [0.1, 0.15) is 11.8 Å². The molecule has 1 N–H and O–H groups in total. The van der Waals surface area contributed by atoms with Gasteiger partial charge in [-0.3, -0.25) is 4.79 Å². The van der Waals surface area contributed by atoms with Gasteiger partial charge < -0.3 is 19.4 Å². The number of fused-ring (bicyclic) bond motifs is 1. The van der Waals surface area contributed by atoms with Crippen molar-refractivity contribution in [2.45, 2.75) is 25.8 Å². The number of nitrogens with zero attached hydrogens (tertiary/aromatic N) is 2. The summed E-state index contributed by atoms with van der Waals surface area (Å²) in [6.45, 7) is 1.44. The Morgan fingerprint density at radius 3 is 2.68 bits per heavy atom. The Morgan fingerprint density at radius 2 is 2.03 bits per heavy atom. The average Bonchev–Trinajstić information content (AvgIpc) is 3.54. The fraction of sp³-hybridized carbons (Fsp3) is 0.261. The number of hydrogen-bond donors (Lipinski definition) is 1. The molecule has 0 bridgehead atoms. The van der Waals surface area contributed by atoms with Crippen LogP contribution < -0.4 is 10.1 Å². The maximum atomic E-state index is 12.9. The summed E-state index contributed by atoms with van der Waals surface area (Å²) in [5.74, 6) is -0.427. The maximum Gasteiger partial charge on any atom is 0.341 e. The highest BCUT2D eigenvalue weighted by Crippen LogP contribution is 2.42. The normalized spacial score (nSPS) is 13.0. The number of nitriles is 1. The van der Waals surface area contributed by atoms with E-state index in [-0.39, 0.29) is 5.02 Å². The van der Waals surface area contributed by atoms with Gasteiger partial charge in [0.25, 0.3) is 5.91 Å². The predicted molar refractivity (Wildman–Crippen MR) is 117 cm³/mol. The van der Waals surface area contributed by atoms with Gasteiger partial charge in [-0.1, -0.05) is 11.6 Å². The lowest BCUT2D eigenvalue weighted by molar-refractivity contribution is -0.119. The van der Waals surface area contributed by atoms with E-state index >= 15 is 0 Å². The topological polar surface area (TPSA) is 93.3 Å². The lowest BCUT2D eigenvalue weighted by Gasteiger charge is -2.08. The minimum absolute atomic E-state index is 0.231. The molecule has 0 atom stereocenters. The first kappa shape index (κ1) is 20.8. The second kappa shape index (κ2) is 8.32. The Morgan fingerprint density at radius 1 is 1.26 bits per heavy atom. The number of esters is 1. The molecule has 3 aromatic rings. The zero-order valence-corrected chi connectivity index (χ0v) is 17.8. The quantitative estimate of drug-likeness (QED) is 0.568. The molecule has 1 heterocycles. The Kier molecular flexibility index (Phi) is 5.57. The third-order valence-electron chi connectivity index (χ3n) is 5.28. The Hall–Kier alpha value is -3.50. The number of carbonyl (C=O) groups is 2. The van der Waals surface area contributed by atoms with Crippen molar-refractivity contribution in [1.29, 1.82) is 5.26 Å². The molecule has 0 spiro atoms. The number of carbonyl (C=O) groups excluding carboxylic acids is 2. The summed E-state index contributed by atoms with van der Waals surface area (Å²) in [4.78, 5) is 25.2. The molecule has 0 radical (unpaired) electrons. The van der Waals surface area contributed by atoms with E-state index in [1.807, 2.05) is 31.2 Å². The van der Waals surface area contributed by atoms with Crippen LogP contribution in [0.5, 0.6) is 5.75 Å². The van der Waals surface area contributed by atoms with E-state index < -0.39 is 18.5 Å². The first-order chi connectivity index (χ1) is 14.9. The number of amides is 1. The second-order valence-electron chi connectivity index (χ2n) is 7.38. The summed E-state index contributed by atoms with van der Waals surface area (Å²) in [5.41, 5.74) is 2.93. The van der Waals surface area contributed by atoms with Crippen molar-refractivity contribution in [3.63, 3.8) is 0 Å². The smallest absolute Gasteiger partial charge is 0.341 e.